The summed E-state index contributed by atoms with van der Waals surface area (Å²) >= 11 is 0. The SMILES string of the molecule is COc1ccc2c(c1)CCC21C(=O)N(C)C(N)=N[C@]1(C)c1cccc(C#N)c1. The molecule has 1 spiro atoms. The van der Waals surface area contributed by atoms with Gasteiger partial charge in [-0.3, -0.25) is 9.69 Å². The minimum atomic E-state index is -0.923. The zero-order chi connectivity index (χ0) is 20.1. The van der Waals surface area contributed by atoms with Gasteiger partial charge in [-0.1, -0.05) is 18.2 Å². The van der Waals surface area contributed by atoms with Crippen LogP contribution in [0.4, 0.5) is 0 Å². The fourth-order valence-corrected chi connectivity index (χ4v) is 4.71. The zero-order valence-corrected chi connectivity index (χ0v) is 16.2. The number of nitrogens with zero attached hydrogens (tertiary/aromatic N) is 3. The van der Waals surface area contributed by atoms with E-state index in [-0.39, 0.29) is 11.9 Å². The maximum absolute atomic E-state index is 13.7. The number of fused-ring (bicyclic) bond motifs is 2. The van der Waals surface area contributed by atoms with Crippen molar-refractivity contribution >= 4 is 11.9 Å². The molecule has 1 unspecified atom stereocenters. The highest BCUT2D eigenvalue weighted by molar-refractivity contribution is 6.05. The number of hydrogen-bond acceptors (Lipinski definition) is 5. The number of aryl methyl sites for hydroxylation is 1. The molecule has 2 N–H and O–H groups in total. The van der Waals surface area contributed by atoms with Gasteiger partial charge in [0.15, 0.2) is 5.96 Å². The molecule has 2 aliphatic rings. The molecule has 1 aliphatic carbocycles. The summed E-state index contributed by atoms with van der Waals surface area (Å²) in [5.74, 6) is 0.875. The molecule has 28 heavy (non-hydrogen) atoms. The van der Waals surface area contributed by atoms with Crippen LogP contribution in [0.2, 0.25) is 0 Å². The second-order valence-corrected chi connectivity index (χ2v) is 7.53. The van der Waals surface area contributed by atoms with Crippen molar-refractivity contribution in [3.63, 3.8) is 0 Å². The Morgan fingerprint density at radius 1 is 1.29 bits per heavy atom. The molecule has 4 rings (SSSR count). The number of nitriles is 1. The van der Waals surface area contributed by atoms with Gasteiger partial charge in [0.2, 0.25) is 5.91 Å². The Balaban J connectivity index is 2.02. The van der Waals surface area contributed by atoms with E-state index >= 15 is 0 Å². The minimum Gasteiger partial charge on any atom is -0.497 e. The molecule has 2 atom stereocenters. The highest BCUT2D eigenvalue weighted by atomic mass is 16.5. The number of carbonyl (C=O) groups is 1. The first kappa shape index (κ1) is 18.1. The third-order valence-electron chi connectivity index (χ3n) is 6.28. The van der Waals surface area contributed by atoms with E-state index in [9.17, 15) is 10.1 Å². The molecular formula is C22H22N4O2. The smallest absolute Gasteiger partial charge is 0.242 e. The molecule has 2 aromatic carbocycles. The normalized spacial score (nSPS) is 26.0. The predicted octanol–water partition coefficient (Wildman–Crippen LogP) is 2.45. The largest absolute Gasteiger partial charge is 0.497 e. The number of nitrogens with two attached hydrogens (primary N) is 1. The Bertz CT molecular complexity index is 1050. The Morgan fingerprint density at radius 2 is 2.07 bits per heavy atom. The van der Waals surface area contributed by atoms with Crippen molar-refractivity contribution in [2.45, 2.75) is 30.7 Å². The fourth-order valence-electron chi connectivity index (χ4n) is 4.71. The average molecular weight is 374 g/mol. The maximum atomic E-state index is 13.7. The summed E-state index contributed by atoms with van der Waals surface area (Å²) in [5.41, 5.74) is 7.69. The maximum Gasteiger partial charge on any atom is 0.242 e. The van der Waals surface area contributed by atoms with Gasteiger partial charge in [0.25, 0.3) is 0 Å². The summed E-state index contributed by atoms with van der Waals surface area (Å²) in [6.45, 7) is 1.95. The van der Waals surface area contributed by atoms with E-state index in [0.29, 0.717) is 12.0 Å². The van der Waals surface area contributed by atoms with Gasteiger partial charge in [-0.25, -0.2) is 4.99 Å². The molecule has 1 aliphatic heterocycles. The van der Waals surface area contributed by atoms with Crippen molar-refractivity contribution < 1.29 is 9.53 Å². The van der Waals surface area contributed by atoms with Crippen LogP contribution in [0.1, 0.15) is 35.6 Å². The zero-order valence-electron chi connectivity index (χ0n) is 16.2. The summed E-state index contributed by atoms with van der Waals surface area (Å²) in [6.07, 6.45) is 1.36. The summed E-state index contributed by atoms with van der Waals surface area (Å²) < 4.78 is 5.37. The van der Waals surface area contributed by atoms with Crippen LogP contribution in [0.5, 0.6) is 5.75 Å². The summed E-state index contributed by atoms with van der Waals surface area (Å²) in [7, 11) is 3.30. The van der Waals surface area contributed by atoms with Gasteiger partial charge in [-0.2, -0.15) is 5.26 Å². The van der Waals surface area contributed by atoms with Gasteiger partial charge in [0, 0.05) is 7.05 Å². The van der Waals surface area contributed by atoms with Gasteiger partial charge in [0.1, 0.15) is 16.7 Å². The number of rotatable bonds is 2. The molecule has 1 heterocycles. The number of amides is 1. The fraction of sp³-hybridized carbons (Fsp3) is 0.318. The molecule has 0 saturated heterocycles. The van der Waals surface area contributed by atoms with Gasteiger partial charge < -0.3 is 10.5 Å². The molecular weight excluding hydrogens is 352 g/mol. The number of methoxy groups -OCH3 is 1. The van der Waals surface area contributed by atoms with Gasteiger partial charge in [-0.05, 0) is 60.7 Å². The molecule has 142 valence electrons. The van der Waals surface area contributed by atoms with Crippen LogP contribution in [-0.4, -0.2) is 30.9 Å². The quantitative estimate of drug-likeness (QED) is 0.874. The second-order valence-electron chi connectivity index (χ2n) is 7.53. The number of aliphatic imine (C=N–C) groups is 1. The number of ether oxygens (including phenoxy) is 1. The second kappa shape index (κ2) is 6.10. The van der Waals surface area contributed by atoms with E-state index in [1.165, 1.54) is 4.90 Å². The Morgan fingerprint density at radius 3 is 2.79 bits per heavy atom. The summed E-state index contributed by atoms with van der Waals surface area (Å²) in [6, 6.07) is 15.3. The van der Waals surface area contributed by atoms with E-state index in [1.54, 1.807) is 26.3 Å². The lowest BCUT2D eigenvalue weighted by Crippen LogP contribution is -2.62. The number of benzene rings is 2. The topological polar surface area (TPSA) is 91.7 Å². The predicted molar refractivity (Wildman–Crippen MR) is 106 cm³/mol. The van der Waals surface area contributed by atoms with E-state index in [0.717, 1.165) is 28.9 Å². The lowest BCUT2D eigenvalue weighted by Gasteiger charge is -2.48. The number of hydrogen-bond donors (Lipinski definition) is 1. The molecule has 0 radical (unpaired) electrons. The van der Waals surface area contributed by atoms with E-state index in [1.807, 2.05) is 37.3 Å². The Labute approximate surface area is 164 Å². The van der Waals surface area contributed by atoms with E-state index < -0.39 is 11.0 Å². The van der Waals surface area contributed by atoms with E-state index in [2.05, 4.69) is 6.07 Å². The highest BCUT2D eigenvalue weighted by Crippen LogP contribution is 2.55. The lowest BCUT2D eigenvalue weighted by molar-refractivity contribution is -0.136. The van der Waals surface area contributed by atoms with Crippen LogP contribution in [0.3, 0.4) is 0 Å². The first-order valence-corrected chi connectivity index (χ1v) is 9.19. The van der Waals surface area contributed by atoms with Crippen LogP contribution in [0, 0.1) is 11.3 Å². The molecule has 0 bridgehead atoms. The van der Waals surface area contributed by atoms with Crippen molar-refractivity contribution in [1.82, 2.24) is 4.90 Å². The van der Waals surface area contributed by atoms with Crippen molar-refractivity contribution in [3.05, 3.63) is 64.7 Å². The van der Waals surface area contributed by atoms with Crippen molar-refractivity contribution in [3.8, 4) is 11.8 Å². The first-order valence-electron chi connectivity index (χ1n) is 9.19. The average Bonchev–Trinajstić information content (AvgIpc) is 3.11. The van der Waals surface area contributed by atoms with Crippen LogP contribution in [-0.2, 0) is 22.2 Å². The number of carbonyl (C=O) groups excluding carboxylic acids is 1. The summed E-state index contributed by atoms with van der Waals surface area (Å²) in [4.78, 5) is 20.0. The number of guanidine groups is 1. The van der Waals surface area contributed by atoms with Crippen molar-refractivity contribution in [1.29, 1.82) is 5.26 Å². The molecule has 0 fully saturated rings. The van der Waals surface area contributed by atoms with Gasteiger partial charge in [0.05, 0.1) is 18.7 Å². The summed E-state index contributed by atoms with van der Waals surface area (Å²) in [5, 5.41) is 9.36. The van der Waals surface area contributed by atoms with Gasteiger partial charge >= 0.3 is 0 Å². The van der Waals surface area contributed by atoms with Crippen LogP contribution >= 0.6 is 0 Å². The van der Waals surface area contributed by atoms with Crippen molar-refractivity contribution in [2.24, 2.45) is 10.7 Å². The third kappa shape index (κ3) is 2.19. The third-order valence-corrected chi connectivity index (χ3v) is 6.28. The molecule has 6 heteroatoms. The molecule has 6 nitrogen and oxygen atoms in total. The van der Waals surface area contributed by atoms with Crippen LogP contribution < -0.4 is 10.5 Å². The first-order chi connectivity index (χ1) is 13.4. The Kier molecular flexibility index (Phi) is 3.93. The standard InChI is InChI=1S/C22H22N4O2/c1-21(16-6-4-5-14(11-16)13-23)22(19(27)26(2)20(24)25-21)10-9-15-12-17(28-3)7-8-18(15)22/h4-8,11-12H,9-10H2,1-3H3,(H2,24,25)/t21-,22?/m1/s1. The van der Waals surface area contributed by atoms with E-state index in [4.69, 9.17) is 15.5 Å². The molecule has 0 saturated carbocycles. The van der Waals surface area contributed by atoms with Crippen LogP contribution in [0.25, 0.3) is 0 Å². The number of likely N-dealkylation sites (N-methyl/N-ethyl adjacent to an activating group) is 1. The molecule has 2 aromatic rings. The van der Waals surface area contributed by atoms with Crippen molar-refractivity contribution in [2.75, 3.05) is 14.2 Å². The van der Waals surface area contributed by atoms with Gasteiger partial charge in [-0.15, -0.1) is 0 Å². The minimum absolute atomic E-state index is 0.0752. The Hall–Kier alpha value is -3.33. The van der Waals surface area contributed by atoms with Crippen LogP contribution in [0.15, 0.2) is 47.5 Å². The monoisotopic (exact) mass is 374 g/mol. The lowest BCUT2D eigenvalue weighted by atomic mass is 9.62. The highest BCUT2D eigenvalue weighted by Gasteiger charge is 2.62. The molecule has 0 aromatic heterocycles. The molecule has 1 amide bonds.